The standard InChI is InChI=1S/C16H22O11/c1-7(17)23-6-12-15(25-9(3)19)16(26-10(4)20)14(24-8(2)18)11(27-12)5-13(21)22/h11-12,14-16H,5-6H2,1-4H3,(H,21,22)/t11-,12-,14-,15-,16-/m1/s1. The van der Waals surface area contributed by atoms with Crippen LogP contribution in [0.15, 0.2) is 0 Å². The molecule has 0 radical (unpaired) electrons. The van der Waals surface area contributed by atoms with Gasteiger partial charge in [0.1, 0.15) is 18.8 Å². The van der Waals surface area contributed by atoms with Gasteiger partial charge < -0.3 is 28.8 Å². The van der Waals surface area contributed by atoms with Crippen LogP contribution in [0.3, 0.4) is 0 Å². The summed E-state index contributed by atoms with van der Waals surface area (Å²) in [7, 11) is 0. The van der Waals surface area contributed by atoms with E-state index in [4.69, 9.17) is 28.8 Å². The predicted molar refractivity (Wildman–Crippen MR) is 84.2 cm³/mol. The number of rotatable bonds is 7. The zero-order chi connectivity index (χ0) is 20.7. The summed E-state index contributed by atoms with van der Waals surface area (Å²) in [4.78, 5) is 56.7. The third kappa shape index (κ3) is 7.21. The molecule has 0 unspecified atom stereocenters. The molecule has 1 aliphatic rings. The summed E-state index contributed by atoms with van der Waals surface area (Å²) in [5.41, 5.74) is 0. The molecule has 27 heavy (non-hydrogen) atoms. The van der Waals surface area contributed by atoms with Crippen molar-refractivity contribution in [2.75, 3.05) is 6.61 Å². The zero-order valence-corrected chi connectivity index (χ0v) is 15.3. The number of esters is 4. The summed E-state index contributed by atoms with van der Waals surface area (Å²) in [6.45, 7) is 4.00. The van der Waals surface area contributed by atoms with Crippen LogP contribution in [-0.2, 0) is 47.7 Å². The Hall–Kier alpha value is -2.69. The lowest BCUT2D eigenvalue weighted by molar-refractivity contribution is -0.253. The Labute approximate surface area is 154 Å². The first-order valence-electron chi connectivity index (χ1n) is 8.03. The lowest BCUT2D eigenvalue weighted by Gasteiger charge is -2.44. The van der Waals surface area contributed by atoms with E-state index in [0.29, 0.717) is 0 Å². The molecule has 152 valence electrons. The van der Waals surface area contributed by atoms with Crippen LogP contribution in [-0.4, -0.2) is 72.1 Å². The van der Waals surface area contributed by atoms with E-state index in [9.17, 15) is 24.0 Å². The molecule has 1 heterocycles. The van der Waals surface area contributed by atoms with E-state index in [1.54, 1.807) is 0 Å². The molecule has 1 rings (SSSR count). The summed E-state index contributed by atoms with van der Waals surface area (Å²) in [5.74, 6) is -4.24. The van der Waals surface area contributed by atoms with Crippen LogP contribution in [0.4, 0.5) is 0 Å². The third-order valence-electron chi connectivity index (χ3n) is 3.46. The minimum Gasteiger partial charge on any atom is -0.481 e. The van der Waals surface area contributed by atoms with Crippen LogP contribution in [0.25, 0.3) is 0 Å². The Bertz CT molecular complexity index is 599. The highest BCUT2D eigenvalue weighted by Gasteiger charge is 2.52. The molecule has 0 spiro atoms. The number of carbonyl (C=O) groups is 5. The maximum absolute atomic E-state index is 11.5. The predicted octanol–water partition coefficient (Wildman–Crippen LogP) is -0.413. The molecule has 0 aromatic carbocycles. The van der Waals surface area contributed by atoms with Gasteiger partial charge in [-0.3, -0.25) is 24.0 Å². The lowest BCUT2D eigenvalue weighted by atomic mass is 9.92. The van der Waals surface area contributed by atoms with Gasteiger partial charge >= 0.3 is 29.8 Å². The van der Waals surface area contributed by atoms with E-state index in [1.807, 2.05) is 0 Å². The highest BCUT2D eigenvalue weighted by atomic mass is 16.7. The SMILES string of the molecule is CC(=O)OC[C@H]1O[C@H](CC(=O)O)[C@@H](OC(C)=O)[C@@H](OC(C)=O)[C@@H]1OC(C)=O. The van der Waals surface area contributed by atoms with Crippen molar-refractivity contribution in [3.8, 4) is 0 Å². The third-order valence-corrected chi connectivity index (χ3v) is 3.46. The van der Waals surface area contributed by atoms with E-state index in [2.05, 4.69) is 0 Å². The molecule has 0 aromatic rings. The zero-order valence-electron chi connectivity index (χ0n) is 15.3. The van der Waals surface area contributed by atoms with Crippen LogP contribution >= 0.6 is 0 Å². The van der Waals surface area contributed by atoms with Crippen molar-refractivity contribution in [2.24, 2.45) is 0 Å². The molecule has 11 heteroatoms. The molecule has 0 amide bonds. The summed E-state index contributed by atoms with van der Waals surface area (Å²) in [6, 6.07) is 0. The summed E-state index contributed by atoms with van der Waals surface area (Å²) in [5, 5.41) is 9.10. The van der Waals surface area contributed by atoms with Gasteiger partial charge in [-0.2, -0.15) is 0 Å². The molecule has 0 aliphatic carbocycles. The quantitative estimate of drug-likeness (QED) is 0.446. The van der Waals surface area contributed by atoms with Gasteiger partial charge in [-0.15, -0.1) is 0 Å². The van der Waals surface area contributed by atoms with Gasteiger partial charge in [0, 0.05) is 27.7 Å². The van der Waals surface area contributed by atoms with Crippen LogP contribution < -0.4 is 0 Å². The van der Waals surface area contributed by atoms with Gasteiger partial charge in [0.15, 0.2) is 18.3 Å². The second-order valence-electron chi connectivity index (χ2n) is 5.84. The number of hydrogen-bond acceptors (Lipinski definition) is 10. The number of hydrogen-bond donors (Lipinski definition) is 1. The maximum Gasteiger partial charge on any atom is 0.306 e. The largest absolute Gasteiger partial charge is 0.481 e. The molecule has 0 saturated carbocycles. The molecule has 0 bridgehead atoms. The van der Waals surface area contributed by atoms with E-state index in [0.717, 1.165) is 27.7 Å². The summed E-state index contributed by atoms with van der Waals surface area (Å²) >= 11 is 0. The number of ether oxygens (including phenoxy) is 5. The first-order chi connectivity index (χ1) is 12.5. The summed E-state index contributed by atoms with van der Waals surface area (Å²) < 4.78 is 25.9. The second-order valence-corrected chi connectivity index (χ2v) is 5.84. The highest BCUT2D eigenvalue weighted by molar-refractivity contribution is 5.70. The first kappa shape index (κ1) is 22.4. The minimum absolute atomic E-state index is 0.395. The van der Waals surface area contributed by atoms with Crippen molar-refractivity contribution in [2.45, 2.75) is 64.6 Å². The minimum atomic E-state index is -1.35. The van der Waals surface area contributed by atoms with Crippen LogP contribution in [0.1, 0.15) is 34.1 Å². The van der Waals surface area contributed by atoms with E-state index in [1.165, 1.54) is 0 Å². The van der Waals surface area contributed by atoms with Crippen molar-refractivity contribution in [1.29, 1.82) is 0 Å². The highest BCUT2D eigenvalue weighted by Crippen LogP contribution is 2.30. The molecular weight excluding hydrogens is 368 g/mol. The Kier molecular flexibility index (Phi) is 8.16. The fourth-order valence-electron chi connectivity index (χ4n) is 2.65. The Morgan fingerprint density at radius 3 is 1.59 bits per heavy atom. The van der Waals surface area contributed by atoms with Gasteiger partial charge in [-0.1, -0.05) is 0 Å². The maximum atomic E-state index is 11.5. The number of aliphatic carboxylic acids is 1. The van der Waals surface area contributed by atoms with E-state index in [-0.39, 0.29) is 0 Å². The van der Waals surface area contributed by atoms with Gasteiger partial charge in [-0.05, 0) is 0 Å². The van der Waals surface area contributed by atoms with Crippen molar-refractivity contribution in [3.63, 3.8) is 0 Å². The van der Waals surface area contributed by atoms with Crippen LogP contribution in [0.5, 0.6) is 0 Å². The second kappa shape index (κ2) is 9.86. The molecule has 1 N–H and O–H groups in total. The molecule has 1 aliphatic heterocycles. The Morgan fingerprint density at radius 1 is 0.741 bits per heavy atom. The van der Waals surface area contributed by atoms with Gasteiger partial charge in [0.05, 0.1) is 6.42 Å². The van der Waals surface area contributed by atoms with Crippen molar-refractivity contribution < 1.29 is 52.8 Å². The molecule has 11 nitrogen and oxygen atoms in total. The topological polar surface area (TPSA) is 152 Å². The Morgan fingerprint density at radius 2 is 1.19 bits per heavy atom. The van der Waals surface area contributed by atoms with Crippen LogP contribution in [0.2, 0.25) is 0 Å². The molecule has 5 atom stereocenters. The number of carboxylic acids is 1. The van der Waals surface area contributed by atoms with Crippen LogP contribution in [0, 0.1) is 0 Å². The molecule has 1 fully saturated rings. The molecular formula is C16H22O11. The molecule has 1 saturated heterocycles. The number of carbonyl (C=O) groups excluding carboxylic acids is 4. The normalized spacial score (nSPS) is 27.2. The van der Waals surface area contributed by atoms with Crippen molar-refractivity contribution >= 4 is 29.8 Å². The van der Waals surface area contributed by atoms with Gasteiger partial charge in [0.2, 0.25) is 0 Å². The van der Waals surface area contributed by atoms with Gasteiger partial charge in [-0.25, -0.2) is 0 Å². The smallest absolute Gasteiger partial charge is 0.306 e. The lowest BCUT2D eigenvalue weighted by Crippen LogP contribution is -2.62. The van der Waals surface area contributed by atoms with E-state index >= 15 is 0 Å². The van der Waals surface area contributed by atoms with Crippen molar-refractivity contribution in [1.82, 2.24) is 0 Å². The first-order valence-corrected chi connectivity index (χ1v) is 8.03. The van der Waals surface area contributed by atoms with E-state index < -0.39 is 73.4 Å². The Balaban J connectivity index is 3.29. The molecule has 0 aromatic heterocycles. The van der Waals surface area contributed by atoms with Crippen molar-refractivity contribution in [3.05, 3.63) is 0 Å². The number of carboxylic acid groups (broad SMARTS) is 1. The fourth-order valence-corrected chi connectivity index (χ4v) is 2.65. The summed E-state index contributed by atoms with van der Waals surface area (Å²) in [6.07, 6.45) is -6.96. The monoisotopic (exact) mass is 390 g/mol. The fraction of sp³-hybridized carbons (Fsp3) is 0.688. The van der Waals surface area contributed by atoms with Gasteiger partial charge in [0.25, 0.3) is 0 Å². The average molecular weight is 390 g/mol. The average Bonchev–Trinajstić information content (AvgIpc) is 2.49.